The number of hydrogen-bond acceptors (Lipinski definition) is 3. The van der Waals surface area contributed by atoms with E-state index in [1.165, 1.54) is 44.5 Å². The minimum atomic E-state index is 0.737. The Bertz CT molecular complexity index is 416. The minimum absolute atomic E-state index is 0.737. The van der Waals surface area contributed by atoms with Gasteiger partial charge in [-0.2, -0.15) is 0 Å². The van der Waals surface area contributed by atoms with Gasteiger partial charge < -0.3 is 4.74 Å². The van der Waals surface area contributed by atoms with Gasteiger partial charge in [0.25, 0.3) is 0 Å². The van der Waals surface area contributed by atoms with Gasteiger partial charge in [0, 0.05) is 31.7 Å². The van der Waals surface area contributed by atoms with Gasteiger partial charge in [0.15, 0.2) is 0 Å². The first-order valence-electron chi connectivity index (χ1n) is 8.42. The normalized spacial score (nSPS) is 24.9. The third-order valence-electron chi connectivity index (χ3n) is 4.92. The van der Waals surface area contributed by atoms with Crippen LogP contribution < -0.4 is 0 Å². The minimum Gasteiger partial charge on any atom is -0.375 e. The molecule has 2 fully saturated rings. The molecule has 3 nitrogen and oxygen atoms in total. The fourth-order valence-electron chi connectivity index (χ4n) is 3.56. The van der Waals surface area contributed by atoms with Crippen molar-refractivity contribution in [3.8, 4) is 0 Å². The molecule has 0 N–H and O–H groups in total. The number of rotatable bonds is 6. The van der Waals surface area contributed by atoms with Crippen molar-refractivity contribution in [1.82, 2.24) is 9.80 Å². The average molecular weight is 288 g/mol. The second-order valence-electron chi connectivity index (χ2n) is 6.53. The molecular formula is C18H28N2O. The number of nitrogens with zero attached hydrogens (tertiary/aromatic N) is 2. The molecule has 3 heteroatoms. The SMILES string of the molecule is C[C@@H]1CCCCN1C1CN(CCOCc2ccccc2)C1. The number of piperidine rings is 1. The van der Waals surface area contributed by atoms with Crippen molar-refractivity contribution in [2.24, 2.45) is 0 Å². The highest BCUT2D eigenvalue weighted by atomic mass is 16.5. The summed E-state index contributed by atoms with van der Waals surface area (Å²) in [6.45, 7) is 8.83. The van der Waals surface area contributed by atoms with E-state index < -0.39 is 0 Å². The topological polar surface area (TPSA) is 15.7 Å². The van der Waals surface area contributed by atoms with Gasteiger partial charge in [0.05, 0.1) is 13.2 Å². The van der Waals surface area contributed by atoms with Crippen LogP contribution in [-0.2, 0) is 11.3 Å². The molecule has 3 rings (SSSR count). The quantitative estimate of drug-likeness (QED) is 0.749. The third kappa shape index (κ3) is 4.06. The summed E-state index contributed by atoms with van der Waals surface area (Å²) < 4.78 is 5.77. The molecule has 1 atom stereocenters. The Kier molecular flexibility index (Phi) is 5.28. The van der Waals surface area contributed by atoms with Gasteiger partial charge in [-0.15, -0.1) is 0 Å². The lowest BCUT2D eigenvalue weighted by molar-refractivity contribution is -0.0170. The zero-order valence-corrected chi connectivity index (χ0v) is 13.2. The molecule has 0 amide bonds. The van der Waals surface area contributed by atoms with Gasteiger partial charge in [0.1, 0.15) is 0 Å². The molecule has 0 radical (unpaired) electrons. The number of hydrogen-bond donors (Lipinski definition) is 0. The Hall–Kier alpha value is -0.900. The van der Waals surface area contributed by atoms with Crippen LogP contribution in [0, 0.1) is 0 Å². The molecule has 116 valence electrons. The summed E-state index contributed by atoms with van der Waals surface area (Å²) in [6.07, 6.45) is 4.19. The number of likely N-dealkylation sites (tertiary alicyclic amines) is 2. The molecule has 0 unspecified atom stereocenters. The first kappa shape index (κ1) is 15.0. The Balaban J connectivity index is 1.29. The van der Waals surface area contributed by atoms with Gasteiger partial charge in [0.2, 0.25) is 0 Å². The van der Waals surface area contributed by atoms with Gasteiger partial charge in [-0.25, -0.2) is 0 Å². The molecule has 0 saturated carbocycles. The molecule has 2 aliphatic rings. The molecule has 0 bridgehead atoms. The van der Waals surface area contributed by atoms with Crippen molar-refractivity contribution in [2.75, 3.05) is 32.8 Å². The van der Waals surface area contributed by atoms with Crippen LogP contribution in [0.1, 0.15) is 31.7 Å². The van der Waals surface area contributed by atoms with Crippen LogP contribution in [0.4, 0.5) is 0 Å². The molecule has 21 heavy (non-hydrogen) atoms. The Morgan fingerprint density at radius 1 is 1.14 bits per heavy atom. The molecule has 1 aromatic carbocycles. The van der Waals surface area contributed by atoms with E-state index in [-0.39, 0.29) is 0 Å². The van der Waals surface area contributed by atoms with E-state index in [4.69, 9.17) is 4.74 Å². The van der Waals surface area contributed by atoms with Gasteiger partial charge in [-0.3, -0.25) is 9.80 Å². The fourth-order valence-corrected chi connectivity index (χ4v) is 3.56. The Morgan fingerprint density at radius 2 is 1.95 bits per heavy atom. The summed E-state index contributed by atoms with van der Waals surface area (Å²) in [6, 6.07) is 12.0. The van der Waals surface area contributed by atoms with Gasteiger partial charge in [-0.05, 0) is 31.9 Å². The summed E-state index contributed by atoms with van der Waals surface area (Å²) in [5.74, 6) is 0. The second-order valence-corrected chi connectivity index (χ2v) is 6.53. The van der Waals surface area contributed by atoms with E-state index in [0.717, 1.165) is 31.8 Å². The highest BCUT2D eigenvalue weighted by molar-refractivity contribution is 5.13. The second kappa shape index (κ2) is 7.39. The molecular weight excluding hydrogens is 260 g/mol. The molecule has 0 spiro atoms. The monoisotopic (exact) mass is 288 g/mol. The number of ether oxygens (including phenoxy) is 1. The molecule has 0 aromatic heterocycles. The summed E-state index contributed by atoms with van der Waals surface area (Å²) in [5.41, 5.74) is 1.26. The van der Waals surface area contributed by atoms with E-state index in [0.29, 0.717) is 0 Å². The maximum absolute atomic E-state index is 5.77. The van der Waals surface area contributed by atoms with Crippen LogP contribution in [0.25, 0.3) is 0 Å². The predicted molar refractivity (Wildman–Crippen MR) is 86.3 cm³/mol. The lowest BCUT2D eigenvalue weighted by Gasteiger charge is -2.49. The largest absolute Gasteiger partial charge is 0.375 e. The first-order chi connectivity index (χ1) is 10.3. The van der Waals surface area contributed by atoms with E-state index in [2.05, 4.69) is 41.0 Å². The summed E-state index contributed by atoms with van der Waals surface area (Å²) in [4.78, 5) is 5.25. The molecule has 2 aliphatic heterocycles. The van der Waals surface area contributed by atoms with Crippen molar-refractivity contribution in [2.45, 2.75) is 44.9 Å². The van der Waals surface area contributed by atoms with E-state index in [1.54, 1.807) is 0 Å². The maximum Gasteiger partial charge on any atom is 0.0717 e. The van der Waals surface area contributed by atoms with E-state index >= 15 is 0 Å². The van der Waals surface area contributed by atoms with Gasteiger partial charge >= 0.3 is 0 Å². The van der Waals surface area contributed by atoms with Gasteiger partial charge in [-0.1, -0.05) is 36.8 Å². The van der Waals surface area contributed by atoms with Crippen LogP contribution in [0.3, 0.4) is 0 Å². The van der Waals surface area contributed by atoms with Crippen molar-refractivity contribution >= 4 is 0 Å². The predicted octanol–water partition coefficient (Wildman–Crippen LogP) is 2.76. The fraction of sp³-hybridized carbons (Fsp3) is 0.667. The number of benzene rings is 1. The zero-order valence-electron chi connectivity index (χ0n) is 13.2. The Labute approximate surface area is 128 Å². The van der Waals surface area contributed by atoms with Crippen LogP contribution in [0.15, 0.2) is 30.3 Å². The highest BCUT2D eigenvalue weighted by Crippen LogP contribution is 2.24. The van der Waals surface area contributed by atoms with Crippen LogP contribution in [-0.4, -0.2) is 54.7 Å². The van der Waals surface area contributed by atoms with Crippen molar-refractivity contribution in [1.29, 1.82) is 0 Å². The Morgan fingerprint density at radius 3 is 2.71 bits per heavy atom. The third-order valence-corrected chi connectivity index (χ3v) is 4.92. The lowest BCUT2D eigenvalue weighted by atomic mass is 9.97. The molecule has 1 aromatic rings. The smallest absolute Gasteiger partial charge is 0.0717 e. The van der Waals surface area contributed by atoms with Crippen molar-refractivity contribution in [3.63, 3.8) is 0 Å². The summed E-state index contributed by atoms with van der Waals surface area (Å²) in [5, 5.41) is 0. The first-order valence-corrected chi connectivity index (χ1v) is 8.42. The average Bonchev–Trinajstić information content (AvgIpc) is 2.47. The van der Waals surface area contributed by atoms with Crippen LogP contribution >= 0.6 is 0 Å². The summed E-state index contributed by atoms with van der Waals surface area (Å²) in [7, 11) is 0. The summed E-state index contributed by atoms with van der Waals surface area (Å²) >= 11 is 0. The van der Waals surface area contributed by atoms with Crippen molar-refractivity contribution < 1.29 is 4.74 Å². The van der Waals surface area contributed by atoms with Crippen molar-refractivity contribution in [3.05, 3.63) is 35.9 Å². The standard InChI is InChI=1S/C18H28N2O/c1-16-7-5-6-10-20(16)18-13-19(14-18)11-12-21-15-17-8-3-2-4-9-17/h2-4,8-9,16,18H,5-7,10-15H2,1H3/t16-/m1/s1. The van der Waals surface area contributed by atoms with Crippen LogP contribution in [0.5, 0.6) is 0 Å². The van der Waals surface area contributed by atoms with E-state index in [1.807, 2.05) is 6.07 Å². The molecule has 2 saturated heterocycles. The lowest BCUT2D eigenvalue weighted by Crippen LogP contribution is -2.62. The zero-order chi connectivity index (χ0) is 14.5. The van der Waals surface area contributed by atoms with E-state index in [9.17, 15) is 0 Å². The van der Waals surface area contributed by atoms with Crippen LogP contribution in [0.2, 0.25) is 0 Å². The highest BCUT2D eigenvalue weighted by Gasteiger charge is 2.34. The maximum atomic E-state index is 5.77. The molecule has 2 heterocycles. The molecule has 0 aliphatic carbocycles.